The summed E-state index contributed by atoms with van der Waals surface area (Å²) in [5, 5.41) is 0.642. The van der Waals surface area contributed by atoms with Crippen LogP contribution in [-0.2, 0) is 29.7 Å². The van der Waals surface area contributed by atoms with Crippen molar-refractivity contribution in [3.63, 3.8) is 0 Å². The van der Waals surface area contributed by atoms with Gasteiger partial charge in [0.1, 0.15) is 12.2 Å². The number of carbonyl (C=O) groups is 2. The van der Waals surface area contributed by atoms with Gasteiger partial charge in [-0.05, 0) is 55.8 Å². The van der Waals surface area contributed by atoms with Gasteiger partial charge in [0.25, 0.3) is 0 Å². The van der Waals surface area contributed by atoms with Crippen LogP contribution in [0.2, 0.25) is 5.02 Å². The Morgan fingerprint density at radius 3 is 2.36 bits per heavy atom. The number of benzene rings is 2. The number of aromatic nitrogens is 2. The molecule has 0 saturated heterocycles. The molecule has 2 heterocycles. The summed E-state index contributed by atoms with van der Waals surface area (Å²) in [6.07, 6.45) is 1.65. The fraction of sp³-hybridized carbons (Fsp3) is 0.231. The number of para-hydroxylation sites is 1. The molecule has 0 aliphatic carbocycles. The Bertz CT molecular complexity index is 1270. The molecule has 0 aliphatic rings. The second-order valence-electron chi connectivity index (χ2n) is 8.21. The van der Waals surface area contributed by atoms with E-state index in [0.717, 1.165) is 22.3 Å². The zero-order chi connectivity index (χ0) is 23.5. The number of hydrogen-bond acceptors (Lipinski definition) is 3. The number of esters is 1. The molecule has 0 spiro atoms. The highest BCUT2D eigenvalue weighted by atomic mass is 35.5. The topological polar surface area (TPSA) is 56.5 Å². The maximum absolute atomic E-state index is 13.6. The van der Waals surface area contributed by atoms with Crippen molar-refractivity contribution in [2.24, 2.45) is 7.05 Å². The van der Waals surface area contributed by atoms with Gasteiger partial charge in [-0.2, -0.15) is 0 Å². The highest BCUT2D eigenvalue weighted by molar-refractivity contribution is 6.30. The van der Waals surface area contributed by atoms with Gasteiger partial charge in [0.05, 0.1) is 23.7 Å². The zero-order valence-electron chi connectivity index (χ0n) is 18.9. The van der Waals surface area contributed by atoms with E-state index in [1.165, 1.54) is 0 Å². The summed E-state index contributed by atoms with van der Waals surface area (Å²) in [6, 6.07) is 20.6. The summed E-state index contributed by atoms with van der Waals surface area (Å²) in [5.41, 5.74) is 3.76. The Hall–Kier alpha value is -3.51. The first-order valence-electron chi connectivity index (χ1n) is 10.8. The van der Waals surface area contributed by atoms with E-state index in [-0.39, 0.29) is 18.6 Å². The smallest absolute Gasteiger partial charge is 0.355 e. The van der Waals surface area contributed by atoms with E-state index in [2.05, 4.69) is 0 Å². The van der Waals surface area contributed by atoms with Crippen molar-refractivity contribution in [2.75, 3.05) is 4.90 Å². The molecule has 0 fully saturated rings. The van der Waals surface area contributed by atoms with Gasteiger partial charge < -0.3 is 18.8 Å². The van der Waals surface area contributed by atoms with E-state index in [4.69, 9.17) is 16.3 Å². The third-order valence-electron chi connectivity index (χ3n) is 5.42. The molecule has 2 aromatic carbocycles. The summed E-state index contributed by atoms with van der Waals surface area (Å²) in [5.74, 6) is -0.589. The van der Waals surface area contributed by atoms with Crippen LogP contribution in [0.1, 0.15) is 29.9 Å². The van der Waals surface area contributed by atoms with Crippen LogP contribution in [0.25, 0.3) is 11.0 Å². The van der Waals surface area contributed by atoms with Crippen LogP contribution in [0.4, 0.5) is 5.69 Å². The van der Waals surface area contributed by atoms with Crippen molar-refractivity contribution in [1.82, 2.24) is 9.13 Å². The van der Waals surface area contributed by atoms with Crippen molar-refractivity contribution < 1.29 is 14.3 Å². The predicted octanol–water partition coefficient (Wildman–Crippen LogP) is 5.43. The Morgan fingerprint density at radius 2 is 1.70 bits per heavy atom. The van der Waals surface area contributed by atoms with Crippen LogP contribution < -0.4 is 4.90 Å². The van der Waals surface area contributed by atoms with Gasteiger partial charge in [0, 0.05) is 24.0 Å². The second-order valence-corrected chi connectivity index (χ2v) is 8.65. The fourth-order valence-electron chi connectivity index (χ4n) is 3.81. The van der Waals surface area contributed by atoms with Crippen LogP contribution in [0.5, 0.6) is 0 Å². The number of halogens is 1. The number of rotatable bonds is 7. The maximum atomic E-state index is 13.6. The molecular formula is C26H26ClN3O3. The minimum atomic E-state index is -0.446. The normalized spacial score (nSPS) is 11.2. The van der Waals surface area contributed by atoms with Crippen molar-refractivity contribution in [3.8, 4) is 0 Å². The molecule has 1 amide bonds. The molecular weight excluding hydrogens is 438 g/mol. The van der Waals surface area contributed by atoms with Gasteiger partial charge >= 0.3 is 5.97 Å². The molecule has 7 heteroatoms. The van der Waals surface area contributed by atoms with Crippen molar-refractivity contribution in [3.05, 3.63) is 89.2 Å². The first kappa shape index (κ1) is 22.7. The van der Waals surface area contributed by atoms with Gasteiger partial charge in [-0.15, -0.1) is 0 Å². The number of anilines is 1. The number of amides is 1. The quantitative estimate of drug-likeness (QED) is 0.343. The largest absolute Gasteiger partial charge is 0.458 e. The second kappa shape index (κ2) is 9.55. The third-order valence-corrected chi connectivity index (χ3v) is 5.67. The van der Waals surface area contributed by atoms with Crippen LogP contribution in [0, 0.1) is 0 Å². The van der Waals surface area contributed by atoms with Crippen LogP contribution >= 0.6 is 11.6 Å². The molecule has 2 aromatic heterocycles. The molecule has 4 aromatic rings. The van der Waals surface area contributed by atoms with Gasteiger partial charge in [-0.3, -0.25) is 4.79 Å². The van der Waals surface area contributed by atoms with E-state index in [1.807, 2.05) is 78.5 Å². The summed E-state index contributed by atoms with van der Waals surface area (Å²) in [6.45, 7) is 3.99. The van der Waals surface area contributed by atoms with E-state index < -0.39 is 5.97 Å². The van der Waals surface area contributed by atoms with Gasteiger partial charge in [0.15, 0.2) is 0 Å². The standard InChI is InChI=1S/C26H26ClN3O3/c1-18(2)33-26(32)24-15-23-22(13-14-28(23)3)30(24)17-25(31)29(21-7-5-4-6-8-21)16-19-9-11-20(27)12-10-19/h4-15,18H,16-17H2,1-3H3. The number of nitrogens with zero attached hydrogens (tertiary/aromatic N) is 3. The lowest BCUT2D eigenvalue weighted by molar-refractivity contribution is -0.119. The average Bonchev–Trinajstić information content (AvgIpc) is 3.33. The van der Waals surface area contributed by atoms with Gasteiger partial charge in [-0.1, -0.05) is 41.9 Å². The molecule has 0 aliphatic heterocycles. The zero-order valence-corrected chi connectivity index (χ0v) is 19.6. The number of fused-ring (bicyclic) bond motifs is 1. The van der Waals surface area contributed by atoms with E-state index in [0.29, 0.717) is 17.3 Å². The molecule has 0 unspecified atom stereocenters. The van der Waals surface area contributed by atoms with E-state index in [1.54, 1.807) is 29.4 Å². The molecule has 0 radical (unpaired) electrons. The molecule has 0 saturated carbocycles. The minimum Gasteiger partial charge on any atom is -0.458 e. The molecule has 33 heavy (non-hydrogen) atoms. The number of aryl methyl sites for hydroxylation is 1. The number of hydrogen-bond donors (Lipinski definition) is 0. The first-order chi connectivity index (χ1) is 15.8. The Morgan fingerprint density at radius 1 is 1.00 bits per heavy atom. The van der Waals surface area contributed by atoms with Gasteiger partial charge in [0.2, 0.25) is 5.91 Å². The van der Waals surface area contributed by atoms with Crippen molar-refractivity contribution in [2.45, 2.75) is 33.0 Å². The lowest BCUT2D eigenvalue weighted by Crippen LogP contribution is -2.34. The predicted molar refractivity (Wildman–Crippen MR) is 131 cm³/mol. The van der Waals surface area contributed by atoms with E-state index in [9.17, 15) is 9.59 Å². The first-order valence-corrected chi connectivity index (χ1v) is 11.2. The highest BCUT2D eigenvalue weighted by Crippen LogP contribution is 2.24. The highest BCUT2D eigenvalue weighted by Gasteiger charge is 2.24. The van der Waals surface area contributed by atoms with Crippen molar-refractivity contribution >= 4 is 40.2 Å². The van der Waals surface area contributed by atoms with Crippen LogP contribution in [0.15, 0.2) is 72.9 Å². The molecule has 6 nitrogen and oxygen atoms in total. The average molecular weight is 464 g/mol. The fourth-order valence-corrected chi connectivity index (χ4v) is 3.93. The van der Waals surface area contributed by atoms with Gasteiger partial charge in [-0.25, -0.2) is 4.79 Å². The molecule has 170 valence electrons. The summed E-state index contributed by atoms with van der Waals surface area (Å²) in [4.78, 5) is 28.2. The number of ether oxygens (including phenoxy) is 1. The summed E-state index contributed by atoms with van der Waals surface area (Å²) in [7, 11) is 1.91. The number of carbonyl (C=O) groups excluding carboxylic acids is 2. The summed E-state index contributed by atoms with van der Waals surface area (Å²) < 4.78 is 9.10. The SMILES string of the molecule is CC(C)OC(=O)c1cc2c(ccn2C)n1CC(=O)N(Cc1ccc(Cl)cc1)c1ccccc1. The molecule has 0 bridgehead atoms. The Labute approximate surface area is 197 Å². The monoisotopic (exact) mass is 463 g/mol. The lowest BCUT2D eigenvalue weighted by atomic mass is 10.2. The molecule has 0 N–H and O–H groups in total. The Balaban J connectivity index is 1.70. The van der Waals surface area contributed by atoms with Crippen molar-refractivity contribution in [1.29, 1.82) is 0 Å². The van der Waals surface area contributed by atoms with Crippen LogP contribution in [0.3, 0.4) is 0 Å². The molecule has 4 rings (SSSR count). The summed E-state index contributed by atoms with van der Waals surface area (Å²) >= 11 is 6.03. The lowest BCUT2D eigenvalue weighted by Gasteiger charge is -2.24. The third kappa shape index (κ3) is 4.96. The minimum absolute atomic E-state index is 0.00146. The van der Waals surface area contributed by atoms with Crippen LogP contribution in [-0.4, -0.2) is 27.1 Å². The van der Waals surface area contributed by atoms with E-state index >= 15 is 0 Å². The molecule has 0 atom stereocenters. The Kier molecular flexibility index (Phi) is 6.56. The maximum Gasteiger partial charge on any atom is 0.355 e.